The van der Waals surface area contributed by atoms with Crippen molar-refractivity contribution in [3.63, 3.8) is 0 Å². The summed E-state index contributed by atoms with van der Waals surface area (Å²) >= 11 is 0. The molecule has 0 unspecified atom stereocenters. The Labute approximate surface area is 210 Å². The van der Waals surface area contributed by atoms with E-state index in [0.717, 1.165) is 6.07 Å². The number of alkyl halides is 6. The molecule has 4 rings (SSSR count). The predicted molar refractivity (Wildman–Crippen MR) is 124 cm³/mol. The molecule has 0 fully saturated rings. The van der Waals surface area contributed by atoms with Gasteiger partial charge in [0, 0.05) is 0 Å². The molecule has 4 aromatic rings. The van der Waals surface area contributed by atoms with E-state index < -0.39 is 30.5 Å². The predicted octanol–water partition coefficient (Wildman–Crippen LogP) is 5.60. The van der Waals surface area contributed by atoms with Gasteiger partial charge in [-0.3, -0.25) is 0 Å². The minimum atomic E-state index is -5.14. The van der Waals surface area contributed by atoms with Gasteiger partial charge in [0.05, 0.1) is 28.8 Å². The van der Waals surface area contributed by atoms with Crippen LogP contribution in [0.3, 0.4) is 0 Å². The molecule has 0 aliphatic rings. The average molecular weight is 537 g/mol. The number of nitrogen functional groups attached to an aromatic ring is 1. The molecule has 2 aromatic heterocycles. The van der Waals surface area contributed by atoms with Crippen LogP contribution in [0.1, 0.15) is 5.56 Å². The van der Waals surface area contributed by atoms with Gasteiger partial charge in [-0.2, -0.15) is 36.3 Å². The number of hydrogen-bond acceptors (Lipinski definition) is 8. The fourth-order valence-electron chi connectivity index (χ4n) is 3.43. The Bertz CT molecular complexity index is 1460. The number of halogens is 6. The quantitative estimate of drug-likeness (QED) is 0.178. The van der Waals surface area contributed by atoms with Crippen LogP contribution in [-0.2, 0) is 15.7 Å². The largest absolute Gasteiger partial charge is 0.490 e. The second-order valence-electron chi connectivity index (χ2n) is 7.65. The maximum Gasteiger partial charge on any atom is 0.490 e. The molecule has 38 heavy (non-hydrogen) atoms. The molecule has 2 heterocycles. The van der Waals surface area contributed by atoms with Crippen molar-refractivity contribution in [2.75, 3.05) is 24.2 Å². The van der Waals surface area contributed by atoms with Crippen molar-refractivity contribution in [3.8, 4) is 22.8 Å². The van der Waals surface area contributed by atoms with Crippen molar-refractivity contribution in [1.29, 1.82) is 0 Å². The molecule has 0 bridgehead atoms. The molecule has 2 aromatic carbocycles. The molecule has 8 nitrogen and oxygen atoms in total. The molecule has 0 amide bonds. The molecule has 0 aliphatic heterocycles. The van der Waals surface area contributed by atoms with Gasteiger partial charge in [0.25, 0.3) is 0 Å². The van der Waals surface area contributed by atoms with Crippen LogP contribution in [0.25, 0.3) is 22.3 Å². The van der Waals surface area contributed by atoms with E-state index in [9.17, 15) is 31.1 Å². The molecule has 0 aliphatic carbocycles. The fraction of sp³-hybridized carbons (Fsp3) is 0.167. The maximum absolute atomic E-state index is 14.0. The van der Waals surface area contributed by atoms with Crippen molar-refractivity contribution in [2.24, 2.45) is 0 Å². The number of hydrogen-bond donors (Lipinski definition) is 2. The monoisotopic (exact) mass is 537 g/mol. The normalized spacial score (nSPS) is 11.8. The summed E-state index contributed by atoms with van der Waals surface area (Å²) in [7, 11) is 0. The first-order valence-electron chi connectivity index (χ1n) is 10.8. The molecule has 0 saturated carbocycles. The summed E-state index contributed by atoms with van der Waals surface area (Å²) in [6, 6.07) is 14.3. The Kier molecular flexibility index (Phi) is 7.23. The lowest BCUT2D eigenvalue weighted by molar-refractivity contribution is -0.199. The smallest absolute Gasteiger partial charge is 0.457 e. The SMILES string of the molecule is Nc1nc(NCCOC(=O)C(F)(F)F)c2ccc(-c3c(Oc4ccccc4)cccc3C(F)(F)F)nc2n1. The fourth-order valence-corrected chi connectivity index (χ4v) is 3.43. The highest BCUT2D eigenvalue weighted by atomic mass is 19.4. The van der Waals surface area contributed by atoms with Gasteiger partial charge in [-0.15, -0.1) is 0 Å². The zero-order valence-corrected chi connectivity index (χ0v) is 19.1. The number of nitrogens with zero attached hydrogens (tertiary/aromatic N) is 3. The van der Waals surface area contributed by atoms with Gasteiger partial charge in [0.2, 0.25) is 5.95 Å². The Morgan fingerprint density at radius 3 is 2.32 bits per heavy atom. The molecule has 3 N–H and O–H groups in total. The van der Waals surface area contributed by atoms with Crippen LogP contribution < -0.4 is 15.8 Å². The molecular weight excluding hydrogens is 520 g/mol. The van der Waals surface area contributed by atoms with Crippen LogP contribution >= 0.6 is 0 Å². The molecule has 0 spiro atoms. The number of carbonyl (C=O) groups is 1. The first-order chi connectivity index (χ1) is 17.9. The van der Waals surface area contributed by atoms with Crippen molar-refractivity contribution in [3.05, 3.63) is 66.2 Å². The number of rotatable bonds is 7. The molecular formula is C24H17F6N5O3. The van der Waals surface area contributed by atoms with E-state index in [1.807, 2.05) is 0 Å². The van der Waals surface area contributed by atoms with Crippen LogP contribution in [0.2, 0.25) is 0 Å². The topological polar surface area (TPSA) is 112 Å². The maximum atomic E-state index is 14.0. The minimum Gasteiger partial charge on any atom is -0.457 e. The van der Waals surface area contributed by atoms with Gasteiger partial charge >= 0.3 is 18.3 Å². The van der Waals surface area contributed by atoms with Crippen molar-refractivity contribution < 1.29 is 40.6 Å². The standard InChI is InChI=1S/C24H17F6N5O3/c25-23(26,27)15-7-4-8-17(38-13-5-2-1-3-6-13)18(15)16-10-9-14-19(34-22(31)35-20(14)33-16)32-11-12-37-21(36)24(28,29)30/h1-10H,11-12H2,(H3,31,32,33,34,35). The number of esters is 1. The summed E-state index contributed by atoms with van der Waals surface area (Å²) in [6.45, 7) is -0.921. The Morgan fingerprint density at radius 2 is 1.63 bits per heavy atom. The molecule has 198 valence electrons. The molecule has 14 heteroatoms. The number of anilines is 2. The van der Waals surface area contributed by atoms with E-state index in [0.29, 0.717) is 5.75 Å². The highest BCUT2D eigenvalue weighted by Crippen LogP contribution is 2.43. The number of pyridine rings is 1. The number of carbonyl (C=O) groups excluding carboxylic acids is 1. The lowest BCUT2D eigenvalue weighted by Gasteiger charge is -2.17. The number of para-hydroxylation sites is 1. The molecule has 0 radical (unpaired) electrons. The van der Waals surface area contributed by atoms with Crippen LogP contribution in [-0.4, -0.2) is 40.2 Å². The molecule has 0 saturated heterocycles. The summed E-state index contributed by atoms with van der Waals surface area (Å²) in [6.07, 6.45) is -9.88. The second-order valence-corrected chi connectivity index (χ2v) is 7.65. The first kappa shape index (κ1) is 26.4. The number of aromatic nitrogens is 3. The van der Waals surface area contributed by atoms with Gasteiger partial charge in [-0.25, -0.2) is 9.78 Å². The van der Waals surface area contributed by atoms with Crippen molar-refractivity contribution >= 4 is 28.8 Å². The van der Waals surface area contributed by atoms with E-state index in [1.54, 1.807) is 30.3 Å². The summed E-state index contributed by atoms with van der Waals surface area (Å²) in [5.41, 5.74) is 4.17. The van der Waals surface area contributed by atoms with Gasteiger partial charge in [-0.05, 0) is 36.4 Å². The summed E-state index contributed by atoms with van der Waals surface area (Å²) in [4.78, 5) is 23.0. The lowest BCUT2D eigenvalue weighted by atomic mass is 10.0. The second kappa shape index (κ2) is 10.4. The number of fused-ring (bicyclic) bond motifs is 1. The zero-order chi connectivity index (χ0) is 27.5. The van der Waals surface area contributed by atoms with Gasteiger partial charge < -0.3 is 20.5 Å². The number of benzene rings is 2. The third-order valence-corrected chi connectivity index (χ3v) is 4.99. The average Bonchev–Trinajstić information content (AvgIpc) is 2.85. The van der Waals surface area contributed by atoms with Gasteiger partial charge in [0.15, 0.2) is 5.65 Å². The van der Waals surface area contributed by atoms with Crippen LogP contribution in [0.5, 0.6) is 11.5 Å². The number of nitrogens with two attached hydrogens (primary N) is 1. The van der Waals surface area contributed by atoms with Gasteiger partial charge in [0.1, 0.15) is 23.9 Å². The Balaban J connectivity index is 1.70. The third kappa shape index (κ3) is 6.02. The van der Waals surface area contributed by atoms with Crippen LogP contribution in [0.15, 0.2) is 60.7 Å². The summed E-state index contributed by atoms with van der Waals surface area (Å²) in [5.74, 6) is -2.43. The third-order valence-electron chi connectivity index (χ3n) is 4.99. The van der Waals surface area contributed by atoms with E-state index in [2.05, 4.69) is 25.0 Å². The number of ether oxygens (including phenoxy) is 2. The Hall–Kier alpha value is -4.62. The highest BCUT2D eigenvalue weighted by Gasteiger charge is 2.40. The van der Waals surface area contributed by atoms with E-state index >= 15 is 0 Å². The highest BCUT2D eigenvalue weighted by molar-refractivity contribution is 5.90. The minimum absolute atomic E-state index is 0.0273. The summed E-state index contributed by atoms with van der Waals surface area (Å²) in [5, 5.41) is 2.86. The summed E-state index contributed by atoms with van der Waals surface area (Å²) < 4.78 is 88.5. The van der Waals surface area contributed by atoms with E-state index in [4.69, 9.17) is 10.5 Å². The van der Waals surface area contributed by atoms with Crippen molar-refractivity contribution in [2.45, 2.75) is 12.4 Å². The molecule has 0 atom stereocenters. The lowest BCUT2D eigenvalue weighted by Crippen LogP contribution is -2.27. The first-order valence-corrected chi connectivity index (χ1v) is 10.8. The van der Waals surface area contributed by atoms with E-state index in [-0.39, 0.29) is 46.4 Å². The van der Waals surface area contributed by atoms with Crippen LogP contribution in [0.4, 0.5) is 38.1 Å². The van der Waals surface area contributed by atoms with E-state index in [1.165, 1.54) is 24.3 Å². The Morgan fingerprint density at radius 1 is 0.895 bits per heavy atom. The van der Waals surface area contributed by atoms with Gasteiger partial charge in [-0.1, -0.05) is 24.3 Å². The van der Waals surface area contributed by atoms with Crippen LogP contribution in [0, 0.1) is 0 Å². The zero-order valence-electron chi connectivity index (χ0n) is 19.1. The number of nitrogens with one attached hydrogen (secondary N) is 1. The van der Waals surface area contributed by atoms with Crippen molar-refractivity contribution in [1.82, 2.24) is 15.0 Å².